The van der Waals surface area contributed by atoms with Crippen LogP contribution in [0.3, 0.4) is 0 Å². The molecule has 2 fully saturated rings. The van der Waals surface area contributed by atoms with Crippen molar-refractivity contribution in [2.24, 2.45) is 16.8 Å². The van der Waals surface area contributed by atoms with Crippen molar-refractivity contribution in [3.63, 3.8) is 0 Å². The van der Waals surface area contributed by atoms with E-state index in [1.165, 1.54) is 44.9 Å². The van der Waals surface area contributed by atoms with Gasteiger partial charge in [-0.3, -0.25) is 14.5 Å². The fourth-order valence-corrected chi connectivity index (χ4v) is 6.64. The first-order chi connectivity index (χ1) is 19.3. The molecule has 1 aliphatic carbocycles. The number of carbonyl (C=O) groups excluding carboxylic acids is 1. The Morgan fingerprint density at radius 2 is 1.85 bits per heavy atom. The molecule has 10 nitrogen and oxygen atoms in total. The number of hydrogen-bond donors (Lipinski definition) is 2. The Balaban J connectivity index is 1.70. The molecule has 4 atom stereocenters. The Labute approximate surface area is 235 Å². The lowest BCUT2D eigenvalue weighted by Crippen LogP contribution is -2.50. The van der Waals surface area contributed by atoms with E-state index >= 15 is 0 Å². The number of nitrogens with zero attached hydrogens (tertiary/aromatic N) is 4. The zero-order valence-electron chi connectivity index (χ0n) is 23.8. The number of carbonyl (C=O) groups is 2. The van der Waals surface area contributed by atoms with Crippen LogP contribution in [0.15, 0.2) is 34.2 Å². The SMILES string of the molecule is CCC[C@H]1C[C@@H](n2c(=O)c(/C(=N/OCC(=O)O)C(N)=O)nc3ccccc32)CCN1[C@@H]1CCCCCC[C@@H](C)C1. The van der Waals surface area contributed by atoms with Crippen LogP contribution in [0.2, 0.25) is 0 Å². The fourth-order valence-electron chi connectivity index (χ4n) is 6.64. The number of aliphatic carboxylic acids is 1. The van der Waals surface area contributed by atoms with Gasteiger partial charge in [0.15, 0.2) is 11.4 Å². The van der Waals surface area contributed by atoms with E-state index in [9.17, 15) is 14.4 Å². The number of amides is 1. The van der Waals surface area contributed by atoms with Gasteiger partial charge in [0.1, 0.15) is 0 Å². The second-order valence-corrected chi connectivity index (χ2v) is 11.4. The molecular weight excluding hydrogens is 510 g/mol. The quantitative estimate of drug-likeness (QED) is 0.350. The number of primary amides is 1. The Bertz CT molecular complexity index is 1270. The third-order valence-electron chi connectivity index (χ3n) is 8.44. The number of carboxylic acids is 1. The molecule has 1 aromatic heterocycles. The molecule has 0 unspecified atom stereocenters. The summed E-state index contributed by atoms with van der Waals surface area (Å²) in [4.78, 5) is 49.1. The van der Waals surface area contributed by atoms with Gasteiger partial charge < -0.3 is 20.2 Å². The van der Waals surface area contributed by atoms with Crippen molar-refractivity contribution in [3.05, 3.63) is 40.3 Å². The van der Waals surface area contributed by atoms with Crippen molar-refractivity contribution in [1.82, 2.24) is 14.5 Å². The van der Waals surface area contributed by atoms with Crippen LogP contribution < -0.4 is 11.3 Å². The Morgan fingerprint density at radius 1 is 1.10 bits per heavy atom. The molecule has 2 heterocycles. The van der Waals surface area contributed by atoms with Crippen LogP contribution in [-0.4, -0.2) is 62.4 Å². The van der Waals surface area contributed by atoms with Crippen molar-refractivity contribution in [2.75, 3.05) is 13.2 Å². The zero-order valence-corrected chi connectivity index (χ0v) is 23.8. The van der Waals surface area contributed by atoms with Gasteiger partial charge in [0.2, 0.25) is 6.61 Å². The van der Waals surface area contributed by atoms with Gasteiger partial charge in [-0.2, -0.15) is 0 Å². The normalized spacial score (nSPS) is 25.1. The average Bonchev–Trinajstić information content (AvgIpc) is 3.02. The summed E-state index contributed by atoms with van der Waals surface area (Å²) in [5.41, 5.74) is 5.59. The van der Waals surface area contributed by atoms with Crippen molar-refractivity contribution in [2.45, 2.75) is 103 Å². The van der Waals surface area contributed by atoms with Crippen LogP contribution in [0.25, 0.3) is 11.0 Å². The summed E-state index contributed by atoms with van der Waals surface area (Å²) >= 11 is 0. The summed E-state index contributed by atoms with van der Waals surface area (Å²) in [5.74, 6) is -1.56. The summed E-state index contributed by atoms with van der Waals surface area (Å²) in [6, 6.07) is 8.17. The van der Waals surface area contributed by atoms with Crippen LogP contribution in [0.1, 0.15) is 96.2 Å². The number of rotatable bonds is 9. The summed E-state index contributed by atoms with van der Waals surface area (Å²) < 4.78 is 1.75. The molecule has 1 aliphatic heterocycles. The van der Waals surface area contributed by atoms with Crippen molar-refractivity contribution in [3.8, 4) is 0 Å². The number of hydrogen-bond acceptors (Lipinski definition) is 7. The molecule has 1 saturated heterocycles. The Hall–Kier alpha value is -3.27. The predicted octanol–water partition coefficient (Wildman–Crippen LogP) is 4.24. The maximum Gasteiger partial charge on any atom is 0.344 e. The minimum Gasteiger partial charge on any atom is -0.479 e. The molecule has 1 aromatic carbocycles. The van der Waals surface area contributed by atoms with E-state index in [0.717, 1.165) is 32.2 Å². The standard InChI is InChI=1S/C30H43N5O5/c1-3-10-21-18-23(15-16-34(21)22-12-7-5-4-6-11-20(2)17-22)35-25-14-9-8-13-24(25)32-28(30(35)39)27(29(31)38)33-40-19-26(36)37/h8-9,13-14,20-23H,3-7,10-12,15-19H2,1-2H3,(H2,31,38)(H,36,37)/b33-27-/t20-,21+,22-,23+/m1/s1. The van der Waals surface area contributed by atoms with E-state index in [1.54, 1.807) is 10.6 Å². The number of fused-ring (bicyclic) bond motifs is 1. The predicted molar refractivity (Wildman–Crippen MR) is 154 cm³/mol. The summed E-state index contributed by atoms with van der Waals surface area (Å²) in [7, 11) is 0. The highest BCUT2D eigenvalue weighted by atomic mass is 16.6. The van der Waals surface area contributed by atoms with Crippen LogP contribution in [0.4, 0.5) is 0 Å². The lowest BCUT2D eigenvalue weighted by atomic mass is 9.88. The van der Waals surface area contributed by atoms with Gasteiger partial charge in [-0.25, -0.2) is 9.78 Å². The highest BCUT2D eigenvalue weighted by Gasteiger charge is 2.35. The number of aromatic nitrogens is 2. The first-order valence-electron chi connectivity index (χ1n) is 14.8. The van der Waals surface area contributed by atoms with Gasteiger partial charge in [-0.15, -0.1) is 0 Å². The first kappa shape index (κ1) is 29.7. The smallest absolute Gasteiger partial charge is 0.344 e. The molecule has 218 valence electrons. The molecule has 10 heteroatoms. The summed E-state index contributed by atoms with van der Waals surface area (Å²) in [6.07, 6.45) is 12.7. The van der Waals surface area contributed by atoms with Gasteiger partial charge in [0.05, 0.1) is 11.0 Å². The molecule has 0 radical (unpaired) electrons. The fraction of sp³-hybridized carbons (Fsp3) is 0.633. The van der Waals surface area contributed by atoms with Crippen molar-refractivity contribution < 1.29 is 19.5 Å². The lowest BCUT2D eigenvalue weighted by Gasteiger charge is -2.45. The third-order valence-corrected chi connectivity index (χ3v) is 8.44. The summed E-state index contributed by atoms with van der Waals surface area (Å²) in [5, 5.41) is 12.5. The molecule has 40 heavy (non-hydrogen) atoms. The van der Waals surface area contributed by atoms with Crippen LogP contribution >= 0.6 is 0 Å². The van der Waals surface area contributed by atoms with E-state index in [1.807, 2.05) is 18.2 Å². The van der Waals surface area contributed by atoms with Crippen molar-refractivity contribution >= 4 is 28.6 Å². The molecule has 4 rings (SSSR count). The van der Waals surface area contributed by atoms with E-state index in [4.69, 9.17) is 15.7 Å². The number of piperidine rings is 1. The largest absolute Gasteiger partial charge is 0.479 e. The van der Waals surface area contributed by atoms with Crippen molar-refractivity contribution in [1.29, 1.82) is 0 Å². The molecule has 0 spiro atoms. The highest BCUT2D eigenvalue weighted by molar-refractivity contribution is 6.44. The Morgan fingerprint density at radius 3 is 2.58 bits per heavy atom. The number of nitrogens with two attached hydrogens (primary N) is 1. The maximum atomic E-state index is 14.0. The molecule has 1 amide bonds. The first-order valence-corrected chi connectivity index (χ1v) is 14.8. The van der Waals surface area contributed by atoms with Gasteiger partial charge in [0.25, 0.3) is 11.5 Å². The molecular formula is C30H43N5O5. The monoisotopic (exact) mass is 553 g/mol. The van der Waals surface area contributed by atoms with Gasteiger partial charge in [-0.05, 0) is 50.2 Å². The third kappa shape index (κ3) is 7.08. The second kappa shape index (κ2) is 13.9. The average molecular weight is 554 g/mol. The number of carboxylic acid groups (broad SMARTS) is 1. The highest BCUT2D eigenvalue weighted by Crippen LogP contribution is 2.35. The molecule has 0 bridgehead atoms. The second-order valence-electron chi connectivity index (χ2n) is 11.4. The number of likely N-dealkylation sites (tertiary alicyclic amines) is 1. The maximum absolute atomic E-state index is 14.0. The van der Waals surface area contributed by atoms with Crippen LogP contribution in [0.5, 0.6) is 0 Å². The molecule has 1 saturated carbocycles. The molecule has 2 aromatic rings. The van der Waals surface area contributed by atoms with E-state index in [2.05, 4.69) is 28.9 Å². The number of oxime groups is 1. The molecule has 3 N–H and O–H groups in total. The van der Waals surface area contributed by atoms with Crippen LogP contribution in [0, 0.1) is 5.92 Å². The lowest BCUT2D eigenvalue weighted by molar-refractivity contribution is -0.142. The zero-order chi connectivity index (χ0) is 28.6. The van der Waals surface area contributed by atoms with Crippen LogP contribution in [-0.2, 0) is 14.4 Å². The van der Waals surface area contributed by atoms with E-state index < -0.39 is 29.8 Å². The van der Waals surface area contributed by atoms with E-state index in [0.29, 0.717) is 29.0 Å². The summed E-state index contributed by atoms with van der Waals surface area (Å²) in [6.45, 7) is 4.74. The minimum absolute atomic E-state index is 0.0882. The van der Waals surface area contributed by atoms with Gasteiger partial charge in [-0.1, -0.05) is 69.7 Å². The minimum atomic E-state index is -1.26. The number of benzene rings is 1. The van der Waals surface area contributed by atoms with E-state index in [-0.39, 0.29) is 11.7 Å². The Kier molecular flexibility index (Phi) is 10.3. The molecule has 2 aliphatic rings. The van der Waals surface area contributed by atoms with Gasteiger partial charge >= 0.3 is 5.97 Å². The van der Waals surface area contributed by atoms with Gasteiger partial charge in [0, 0.05) is 24.7 Å². The topological polar surface area (TPSA) is 140 Å². The number of para-hydroxylation sites is 2.